The number of quaternary nitrogens is 1. The van der Waals surface area contributed by atoms with Crippen LogP contribution in [0.4, 0.5) is 4.79 Å². The summed E-state index contributed by atoms with van der Waals surface area (Å²) in [6.45, 7) is 0. The summed E-state index contributed by atoms with van der Waals surface area (Å²) < 4.78 is 0.106. The fraction of sp³-hybridized carbons (Fsp3) is 0.800. The smallest absolute Gasteiger partial charge is 0.451 e. The topological polar surface area (TPSA) is 55.7 Å². The number of nitrogens with zero attached hydrogens (tertiary/aromatic N) is 3. The zero-order valence-corrected chi connectivity index (χ0v) is 8.85. The lowest BCUT2D eigenvalue weighted by Gasteiger charge is -2.11. The highest BCUT2D eigenvalue weighted by atomic mass is 16.3. The van der Waals surface area contributed by atoms with E-state index in [1.165, 1.54) is 26.3 Å². The molecule has 15 heavy (non-hydrogen) atoms. The number of urea groups is 1. The minimum absolute atomic E-state index is 0.106. The average Bonchev–Trinajstić information content (AvgIpc) is 2.84. The van der Waals surface area contributed by atoms with Crippen LogP contribution in [0, 0.1) is 0 Å². The molecule has 0 radical (unpaired) electrons. The SMILES string of the molecule is CN1C(=O)[N+]2(N=C1[O-])C1CCCCCC12. The third-order valence-corrected chi connectivity index (χ3v) is 4.00. The van der Waals surface area contributed by atoms with Crippen LogP contribution in [-0.4, -0.2) is 40.7 Å². The molecule has 2 fully saturated rings. The monoisotopic (exact) mass is 209 g/mol. The standard InChI is InChI=1S/C10H15N3O2/c1-12-9(14)11-13(10(12)15)7-5-3-2-4-6-8(7)13/h7-8H,2-6H2,1H3. The summed E-state index contributed by atoms with van der Waals surface area (Å²) in [5.74, 6) is 0. The first-order valence-corrected chi connectivity index (χ1v) is 5.62. The number of amides is 2. The molecule has 1 aliphatic carbocycles. The van der Waals surface area contributed by atoms with E-state index in [9.17, 15) is 9.90 Å². The van der Waals surface area contributed by atoms with Crippen LogP contribution in [0.2, 0.25) is 0 Å². The van der Waals surface area contributed by atoms with Crippen molar-refractivity contribution in [3.05, 3.63) is 0 Å². The number of hydrogen-bond donors (Lipinski definition) is 0. The Bertz CT molecular complexity index is 341. The molecule has 1 saturated carbocycles. The maximum absolute atomic E-state index is 12.0. The highest BCUT2D eigenvalue weighted by molar-refractivity contribution is 5.91. The van der Waals surface area contributed by atoms with Crippen LogP contribution in [0.1, 0.15) is 32.1 Å². The molecule has 0 N–H and O–H groups in total. The molecule has 5 heteroatoms. The van der Waals surface area contributed by atoms with Crippen molar-refractivity contribution in [3.63, 3.8) is 0 Å². The summed E-state index contributed by atoms with van der Waals surface area (Å²) in [5, 5.41) is 15.4. The lowest BCUT2D eigenvalue weighted by atomic mass is 10.2. The van der Waals surface area contributed by atoms with Crippen molar-refractivity contribution in [2.24, 2.45) is 5.10 Å². The third-order valence-electron chi connectivity index (χ3n) is 4.00. The van der Waals surface area contributed by atoms with Gasteiger partial charge in [0.15, 0.2) is 12.1 Å². The molecule has 2 amide bonds. The molecule has 0 aromatic heterocycles. The van der Waals surface area contributed by atoms with Crippen LogP contribution in [0.15, 0.2) is 5.10 Å². The minimum Gasteiger partial charge on any atom is -0.842 e. The van der Waals surface area contributed by atoms with E-state index in [0.717, 1.165) is 17.7 Å². The highest BCUT2D eigenvalue weighted by Crippen LogP contribution is 2.51. The Morgan fingerprint density at radius 3 is 2.40 bits per heavy atom. The van der Waals surface area contributed by atoms with Gasteiger partial charge < -0.3 is 5.11 Å². The molecule has 0 aromatic rings. The van der Waals surface area contributed by atoms with Gasteiger partial charge in [-0.25, -0.2) is 4.79 Å². The van der Waals surface area contributed by atoms with Crippen LogP contribution < -0.4 is 5.11 Å². The van der Waals surface area contributed by atoms with Gasteiger partial charge in [0, 0.05) is 19.9 Å². The van der Waals surface area contributed by atoms with Crippen LogP contribution in [0.25, 0.3) is 0 Å². The maximum atomic E-state index is 12.0. The third kappa shape index (κ3) is 0.963. The Morgan fingerprint density at radius 2 is 1.93 bits per heavy atom. The van der Waals surface area contributed by atoms with Gasteiger partial charge in [-0.1, -0.05) is 16.1 Å². The fourth-order valence-electron chi connectivity index (χ4n) is 3.13. The van der Waals surface area contributed by atoms with Gasteiger partial charge in [0.2, 0.25) is 0 Å². The van der Waals surface area contributed by atoms with Gasteiger partial charge in [0.05, 0.1) is 0 Å². The molecule has 82 valence electrons. The molecule has 0 bridgehead atoms. The summed E-state index contributed by atoms with van der Waals surface area (Å²) in [5.41, 5.74) is 0. The molecular weight excluding hydrogens is 194 g/mol. The van der Waals surface area contributed by atoms with Crippen molar-refractivity contribution in [1.82, 2.24) is 4.90 Å². The van der Waals surface area contributed by atoms with Gasteiger partial charge >= 0.3 is 6.03 Å². The Labute approximate surface area is 88.6 Å². The molecule has 3 aliphatic rings. The summed E-state index contributed by atoms with van der Waals surface area (Å²) in [6, 6.07) is 0.118. The van der Waals surface area contributed by atoms with Gasteiger partial charge in [-0.3, -0.25) is 4.90 Å². The van der Waals surface area contributed by atoms with E-state index in [1.807, 2.05) is 0 Å². The predicted octanol–water partition coefficient (Wildman–Crippen LogP) is 0.215. The van der Waals surface area contributed by atoms with Crippen LogP contribution in [-0.2, 0) is 0 Å². The Hall–Kier alpha value is -1.10. The van der Waals surface area contributed by atoms with Crippen molar-refractivity contribution < 1.29 is 14.5 Å². The largest absolute Gasteiger partial charge is 0.842 e. The van der Waals surface area contributed by atoms with Crippen LogP contribution >= 0.6 is 0 Å². The summed E-state index contributed by atoms with van der Waals surface area (Å²) >= 11 is 0. The molecule has 2 atom stereocenters. The molecule has 1 saturated heterocycles. The Balaban J connectivity index is 1.92. The Morgan fingerprint density at radius 1 is 1.33 bits per heavy atom. The van der Waals surface area contributed by atoms with E-state index in [2.05, 4.69) is 5.10 Å². The molecule has 0 aromatic carbocycles. The molecular formula is C10H15N3O2. The molecule has 2 unspecified atom stereocenters. The molecule has 3 rings (SSSR count). The maximum Gasteiger partial charge on any atom is 0.451 e. The van der Waals surface area contributed by atoms with E-state index in [4.69, 9.17) is 0 Å². The quantitative estimate of drug-likeness (QED) is 0.423. The summed E-state index contributed by atoms with van der Waals surface area (Å²) in [4.78, 5) is 13.1. The fourth-order valence-corrected chi connectivity index (χ4v) is 3.13. The van der Waals surface area contributed by atoms with Crippen molar-refractivity contribution >= 4 is 12.1 Å². The molecule has 1 spiro atoms. The van der Waals surface area contributed by atoms with Gasteiger partial charge in [0.25, 0.3) is 0 Å². The van der Waals surface area contributed by atoms with Gasteiger partial charge in [-0.05, 0) is 12.8 Å². The van der Waals surface area contributed by atoms with Gasteiger partial charge in [-0.2, -0.15) is 0 Å². The number of amidine groups is 1. The molecule has 2 aliphatic heterocycles. The van der Waals surface area contributed by atoms with E-state index >= 15 is 0 Å². The number of carbonyl (C=O) groups excluding carboxylic acids is 1. The second kappa shape index (κ2) is 2.72. The molecule has 5 nitrogen and oxygen atoms in total. The van der Waals surface area contributed by atoms with E-state index in [0.29, 0.717) is 12.1 Å². The van der Waals surface area contributed by atoms with Crippen molar-refractivity contribution in [1.29, 1.82) is 0 Å². The lowest BCUT2D eigenvalue weighted by Crippen LogP contribution is -2.40. The van der Waals surface area contributed by atoms with Crippen molar-refractivity contribution in [2.75, 3.05) is 7.05 Å². The molecule has 2 heterocycles. The average molecular weight is 209 g/mol. The zero-order chi connectivity index (χ0) is 10.6. The van der Waals surface area contributed by atoms with E-state index < -0.39 is 0 Å². The number of fused-ring (bicyclic) bond motifs is 3. The lowest BCUT2D eigenvalue weighted by molar-refractivity contribution is -0.748. The first-order valence-electron chi connectivity index (χ1n) is 5.62. The minimum atomic E-state index is -0.368. The normalized spacial score (nSPS) is 43.9. The summed E-state index contributed by atoms with van der Waals surface area (Å²) in [7, 11) is 1.53. The summed E-state index contributed by atoms with van der Waals surface area (Å²) in [6.07, 6.45) is 5.68. The van der Waals surface area contributed by atoms with Crippen LogP contribution in [0.3, 0.4) is 0 Å². The van der Waals surface area contributed by atoms with Crippen molar-refractivity contribution in [2.45, 2.75) is 44.2 Å². The van der Waals surface area contributed by atoms with Gasteiger partial charge in [-0.15, -0.1) is 0 Å². The second-order valence-corrected chi connectivity index (χ2v) is 4.74. The predicted molar refractivity (Wildman–Crippen MR) is 51.5 cm³/mol. The number of carbonyl (C=O) groups is 1. The number of hydrogen-bond acceptors (Lipinski definition) is 3. The van der Waals surface area contributed by atoms with E-state index in [-0.39, 0.29) is 16.6 Å². The second-order valence-electron chi connectivity index (χ2n) is 4.74. The highest BCUT2D eigenvalue weighted by Gasteiger charge is 2.75. The Kier molecular flexibility index (Phi) is 1.66. The first-order chi connectivity index (χ1) is 7.18. The first kappa shape index (κ1) is 9.15. The van der Waals surface area contributed by atoms with Gasteiger partial charge in [0.1, 0.15) is 6.02 Å². The zero-order valence-electron chi connectivity index (χ0n) is 8.85. The van der Waals surface area contributed by atoms with Crippen molar-refractivity contribution in [3.8, 4) is 0 Å². The van der Waals surface area contributed by atoms with Crippen LogP contribution in [0.5, 0.6) is 0 Å². The van der Waals surface area contributed by atoms with E-state index in [1.54, 1.807) is 0 Å². The number of rotatable bonds is 0.